The summed E-state index contributed by atoms with van der Waals surface area (Å²) >= 11 is 0. The van der Waals surface area contributed by atoms with E-state index in [1.165, 1.54) is 22.3 Å². The van der Waals surface area contributed by atoms with Crippen LogP contribution in [0, 0.1) is 0 Å². The van der Waals surface area contributed by atoms with Crippen LogP contribution in [-0.2, 0) is 13.6 Å². The molecule has 0 amide bonds. The van der Waals surface area contributed by atoms with Crippen LogP contribution in [0.2, 0.25) is 0 Å². The van der Waals surface area contributed by atoms with Crippen molar-refractivity contribution >= 4 is 16.6 Å². The molecule has 1 fully saturated rings. The lowest BCUT2D eigenvalue weighted by Gasteiger charge is -2.29. The molecule has 3 rings (SSSR count). The first-order valence-corrected chi connectivity index (χ1v) is 6.53. The fourth-order valence-corrected chi connectivity index (χ4v) is 2.71. The topological polar surface area (TPSA) is 46.2 Å². The molecule has 2 aromatic rings. The first-order valence-electron chi connectivity index (χ1n) is 6.53. The number of anilines is 1. The molecule has 4 nitrogen and oxygen atoms in total. The average molecular weight is 244 g/mol. The number of hydrogen-bond donors (Lipinski definition) is 2. The van der Waals surface area contributed by atoms with E-state index in [1.54, 1.807) is 0 Å². The van der Waals surface area contributed by atoms with Crippen LogP contribution in [-0.4, -0.2) is 30.7 Å². The zero-order valence-corrected chi connectivity index (χ0v) is 10.8. The van der Waals surface area contributed by atoms with Crippen LogP contribution >= 0.6 is 0 Å². The van der Waals surface area contributed by atoms with Gasteiger partial charge < -0.3 is 20.5 Å². The minimum absolute atomic E-state index is 0.591. The maximum absolute atomic E-state index is 5.76. The summed E-state index contributed by atoms with van der Waals surface area (Å²) in [7, 11) is 2.08. The second-order valence-electron chi connectivity index (χ2n) is 4.88. The van der Waals surface area contributed by atoms with Crippen LogP contribution in [0.4, 0.5) is 5.69 Å². The molecule has 0 bridgehead atoms. The number of aryl methyl sites for hydroxylation is 1. The number of fused-ring (bicyclic) bond motifs is 1. The largest absolute Gasteiger partial charge is 0.369 e. The van der Waals surface area contributed by atoms with E-state index in [0.29, 0.717) is 6.54 Å². The van der Waals surface area contributed by atoms with Gasteiger partial charge in [-0.2, -0.15) is 0 Å². The van der Waals surface area contributed by atoms with Crippen molar-refractivity contribution in [2.45, 2.75) is 6.54 Å². The molecule has 1 aliphatic rings. The van der Waals surface area contributed by atoms with Gasteiger partial charge in [-0.3, -0.25) is 0 Å². The summed E-state index contributed by atoms with van der Waals surface area (Å²) in [5.41, 5.74) is 9.52. The molecular formula is C14H20N4. The van der Waals surface area contributed by atoms with E-state index in [9.17, 15) is 0 Å². The summed E-state index contributed by atoms with van der Waals surface area (Å²) in [4.78, 5) is 2.44. The Kier molecular flexibility index (Phi) is 2.97. The fraction of sp³-hybridized carbons (Fsp3) is 0.429. The molecule has 1 aromatic carbocycles. The van der Waals surface area contributed by atoms with Crippen LogP contribution in [0.3, 0.4) is 0 Å². The van der Waals surface area contributed by atoms with Crippen molar-refractivity contribution in [2.75, 3.05) is 31.1 Å². The van der Waals surface area contributed by atoms with Crippen molar-refractivity contribution in [3.05, 3.63) is 30.0 Å². The predicted octanol–water partition coefficient (Wildman–Crippen LogP) is 1.05. The molecular weight excluding hydrogens is 224 g/mol. The van der Waals surface area contributed by atoms with Crippen LogP contribution in [0.15, 0.2) is 24.3 Å². The molecule has 0 atom stereocenters. The zero-order valence-electron chi connectivity index (χ0n) is 10.8. The Morgan fingerprint density at radius 3 is 2.72 bits per heavy atom. The number of nitrogens with two attached hydrogens (primary N) is 1. The van der Waals surface area contributed by atoms with Crippen LogP contribution in [0.25, 0.3) is 10.9 Å². The lowest BCUT2D eigenvalue weighted by atomic mass is 10.2. The fourth-order valence-electron chi connectivity index (χ4n) is 2.71. The van der Waals surface area contributed by atoms with Gasteiger partial charge >= 0.3 is 0 Å². The van der Waals surface area contributed by atoms with Crippen molar-refractivity contribution in [3.63, 3.8) is 0 Å². The third-order valence-electron chi connectivity index (χ3n) is 3.82. The van der Waals surface area contributed by atoms with Gasteiger partial charge in [-0.15, -0.1) is 0 Å². The first kappa shape index (κ1) is 11.6. The molecule has 0 aliphatic carbocycles. The van der Waals surface area contributed by atoms with Crippen molar-refractivity contribution in [1.29, 1.82) is 0 Å². The Bertz CT molecular complexity index is 552. The minimum atomic E-state index is 0.591. The number of rotatable bonds is 2. The number of nitrogens with one attached hydrogen (secondary N) is 1. The van der Waals surface area contributed by atoms with Crippen molar-refractivity contribution in [3.8, 4) is 0 Å². The lowest BCUT2D eigenvalue weighted by Crippen LogP contribution is -2.43. The lowest BCUT2D eigenvalue weighted by molar-refractivity contribution is 0.589. The molecule has 1 aromatic heterocycles. The second kappa shape index (κ2) is 4.63. The average Bonchev–Trinajstić information content (AvgIpc) is 2.76. The van der Waals surface area contributed by atoms with Gasteiger partial charge in [0.25, 0.3) is 0 Å². The summed E-state index contributed by atoms with van der Waals surface area (Å²) in [6.07, 6.45) is 0. The zero-order chi connectivity index (χ0) is 12.5. The number of benzene rings is 1. The van der Waals surface area contributed by atoms with Crippen LogP contribution in [0.5, 0.6) is 0 Å². The number of aromatic nitrogens is 1. The van der Waals surface area contributed by atoms with Crippen LogP contribution < -0.4 is 16.0 Å². The Labute approximate surface area is 107 Å². The molecule has 4 heteroatoms. The van der Waals surface area contributed by atoms with Gasteiger partial charge in [0, 0.05) is 62.1 Å². The van der Waals surface area contributed by atoms with E-state index in [-0.39, 0.29) is 0 Å². The van der Waals surface area contributed by atoms with Gasteiger partial charge in [0.05, 0.1) is 0 Å². The number of hydrogen-bond acceptors (Lipinski definition) is 3. The van der Waals surface area contributed by atoms with Crippen molar-refractivity contribution in [1.82, 2.24) is 9.88 Å². The second-order valence-corrected chi connectivity index (χ2v) is 4.88. The van der Waals surface area contributed by atoms with Crippen molar-refractivity contribution < 1.29 is 0 Å². The highest BCUT2D eigenvalue weighted by atomic mass is 15.2. The molecule has 3 N–H and O–H groups in total. The van der Waals surface area contributed by atoms with Gasteiger partial charge in [0.15, 0.2) is 0 Å². The molecule has 2 heterocycles. The summed E-state index contributed by atoms with van der Waals surface area (Å²) in [5, 5.41) is 4.67. The van der Waals surface area contributed by atoms with E-state index < -0.39 is 0 Å². The summed E-state index contributed by atoms with van der Waals surface area (Å²) in [5.74, 6) is 0. The molecule has 1 aliphatic heterocycles. The Morgan fingerprint density at radius 2 is 2.00 bits per heavy atom. The Morgan fingerprint density at radius 1 is 1.22 bits per heavy atom. The van der Waals surface area contributed by atoms with E-state index in [2.05, 4.69) is 46.1 Å². The van der Waals surface area contributed by atoms with E-state index in [1.807, 2.05) is 0 Å². The standard InChI is InChI=1S/C14H20N4/c1-17-13(10-15)9-11-8-12(2-3-14(11)17)18-6-4-16-5-7-18/h2-3,8-9,16H,4-7,10,15H2,1H3. The monoisotopic (exact) mass is 244 g/mol. The Hall–Kier alpha value is -1.52. The highest BCUT2D eigenvalue weighted by molar-refractivity contribution is 5.85. The SMILES string of the molecule is Cn1c(CN)cc2cc(N3CCNCC3)ccc21. The summed E-state index contributed by atoms with van der Waals surface area (Å²) in [6, 6.07) is 8.89. The highest BCUT2D eigenvalue weighted by Gasteiger charge is 2.12. The predicted molar refractivity (Wildman–Crippen MR) is 75.9 cm³/mol. The maximum atomic E-state index is 5.76. The molecule has 18 heavy (non-hydrogen) atoms. The quantitative estimate of drug-likeness (QED) is 0.830. The third-order valence-corrected chi connectivity index (χ3v) is 3.82. The third kappa shape index (κ3) is 1.87. The molecule has 0 radical (unpaired) electrons. The minimum Gasteiger partial charge on any atom is -0.369 e. The summed E-state index contributed by atoms with van der Waals surface area (Å²) in [6.45, 7) is 4.90. The molecule has 1 saturated heterocycles. The molecule has 0 unspecified atom stereocenters. The first-order chi connectivity index (χ1) is 8.79. The normalized spacial score (nSPS) is 16.4. The van der Waals surface area contributed by atoms with Gasteiger partial charge in [0.2, 0.25) is 0 Å². The van der Waals surface area contributed by atoms with Gasteiger partial charge in [-0.05, 0) is 24.3 Å². The highest BCUT2D eigenvalue weighted by Crippen LogP contribution is 2.25. The Balaban J connectivity index is 2.00. The molecule has 96 valence electrons. The van der Waals surface area contributed by atoms with Gasteiger partial charge in [0.1, 0.15) is 0 Å². The number of nitrogens with zero attached hydrogens (tertiary/aromatic N) is 2. The molecule has 0 spiro atoms. The maximum Gasteiger partial charge on any atom is 0.0481 e. The number of piperazine rings is 1. The molecule has 0 saturated carbocycles. The van der Waals surface area contributed by atoms with Crippen LogP contribution in [0.1, 0.15) is 5.69 Å². The van der Waals surface area contributed by atoms with Gasteiger partial charge in [-0.1, -0.05) is 0 Å². The smallest absolute Gasteiger partial charge is 0.0481 e. The van der Waals surface area contributed by atoms with E-state index in [0.717, 1.165) is 26.2 Å². The summed E-state index contributed by atoms with van der Waals surface area (Å²) < 4.78 is 2.18. The van der Waals surface area contributed by atoms with E-state index >= 15 is 0 Å². The van der Waals surface area contributed by atoms with E-state index in [4.69, 9.17) is 5.73 Å². The van der Waals surface area contributed by atoms with Gasteiger partial charge in [-0.25, -0.2) is 0 Å². The van der Waals surface area contributed by atoms with Crippen molar-refractivity contribution in [2.24, 2.45) is 12.8 Å².